The molecule has 0 spiro atoms. The fourth-order valence-corrected chi connectivity index (χ4v) is 1.37. The topological polar surface area (TPSA) is 56.8 Å². The van der Waals surface area contributed by atoms with Crippen molar-refractivity contribution < 1.29 is 9.47 Å². The Kier molecular flexibility index (Phi) is 2.97. The van der Waals surface area contributed by atoms with E-state index < -0.39 is 0 Å². The minimum atomic E-state index is -0.0133. The molecule has 1 aromatic rings. The Balaban J connectivity index is 1.86. The summed E-state index contributed by atoms with van der Waals surface area (Å²) < 4.78 is 10.5. The van der Waals surface area contributed by atoms with E-state index in [1.165, 1.54) is 0 Å². The summed E-state index contributed by atoms with van der Waals surface area (Å²) in [6.45, 7) is 0.946. The third-order valence-electron chi connectivity index (χ3n) is 1.99. The lowest BCUT2D eigenvalue weighted by Crippen LogP contribution is -2.16. The van der Waals surface area contributed by atoms with Crippen LogP contribution in [-0.4, -0.2) is 25.3 Å². The predicted octanol–water partition coefficient (Wildman–Crippen LogP) is 1.43. The van der Waals surface area contributed by atoms with Crippen LogP contribution < -0.4 is 10.5 Å². The molecule has 0 unspecified atom stereocenters. The van der Waals surface area contributed by atoms with E-state index >= 15 is 0 Å². The fourth-order valence-electron chi connectivity index (χ4n) is 1.24. The van der Waals surface area contributed by atoms with Crippen LogP contribution in [0.25, 0.3) is 0 Å². The highest BCUT2D eigenvalue weighted by molar-refractivity contribution is 6.30. The summed E-state index contributed by atoms with van der Waals surface area (Å²) in [5.41, 5.74) is 5.37. The van der Waals surface area contributed by atoms with E-state index in [1.54, 1.807) is 12.1 Å². The molecule has 5 heteroatoms. The van der Waals surface area contributed by atoms with E-state index in [9.17, 15) is 0 Å². The molecule has 4 nitrogen and oxygen atoms in total. The van der Waals surface area contributed by atoms with E-state index in [4.69, 9.17) is 26.8 Å². The lowest BCUT2D eigenvalue weighted by Gasteiger charge is -2.08. The molecular weight excluding hydrogens is 216 g/mol. The van der Waals surface area contributed by atoms with Gasteiger partial charge in [-0.15, -0.1) is 0 Å². The lowest BCUT2D eigenvalue weighted by molar-refractivity contribution is 0.241. The molecule has 0 bridgehead atoms. The minimum Gasteiger partial charge on any atom is -0.491 e. The first-order valence-corrected chi connectivity index (χ1v) is 4.96. The Hall–Kier alpha value is -1.42. The van der Waals surface area contributed by atoms with Gasteiger partial charge in [0.05, 0.1) is 0 Å². The molecular formula is C10H11ClN2O2. The predicted molar refractivity (Wildman–Crippen MR) is 58.3 cm³/mol. The van der Waals surface area contributed by atoms with Gasteiger partial charge in [0, 0.05) is 5.02 Å². The van der Waals surface area contributed by atoms with Gasteiger partial charge in [-0.1, -0.05) is 11.6 Å². The molecule has 1 aliphatic heterocycles. The minimum absolute atomic E-state index is 0.0133. The summed E-state index contributed by atoms with van der Waals surface area (Å²) in [4.78, 5) is 4.04. The zero-order chi connectivity index (χ0) is 10.7. The molecule has 80 valence electrons. The summed E-state index contributed by atoms with van der Waals surface area (Å²) >= 11 is 5.74. The van der Waals surface area contributed by atoms with E-state index in [1.807, 2.05) is 12.1 Å². The summed E-state index contributed by atoms with van der Waals surface area (Å²) in [5.74, 6) is 0.764. The van der Waals surface area contributed by atoms with Crippen LogP contribution in [0.1, 0.15) is 0 Å². The number of hydrogen-bond acceptors (Lipinski definition) is 4. The van der Waals surface area contributed by atoms with Gasteiger partial charge >= 0.3 is 0 Å². The van der Waals surface area contributed by atoms with E-state index in [2.05, 4.69) is 4.99 Å². The van der Waals surface area contributed by atoms with Crippen molar-refractivity contribution in [2.75, 3.05) is 13.2 Å². The first-order chi connectivity index (χ1) is 7.24. The second-order valence-corrected chi connectivity index (χ2v) is 3.63. The van der Waals surface area contributed by atoms with Crippen LogP contribution in [0.3, 0.4) is 0 Å². The summed E-state index contributed by atoms with van der Waals surface area (Å²) in [6.07, 6.45) is 0. The zero-order valence-electron chi connectivity index (χ0n) is 8.02. The Morgan fingerprint density at radius 3 is 2.80 bits per heavy atom. The first kappa shape index (κ1) is 10.1. The molecule has 0 saturated carbocycles. The van der Waals surface area contributed by atoms with Crippen LogP contribution >= 0.6 is 11.6 Å². The molecule has 0 amide bonds. The van der Waals surface area contributed by atoms with Crippen molar-refractivity contribution in [3.8, 4) is 5.75 Å². The van der Waals surface area contributed by atoms with Crippen molar-refractivity contribution in [2.24, 2.45) is 10.7 Å². The Labute approximate surface area is 92.7 Å². The Morgan fingerprint density at radius 1 is 1.47 bits per heavy atom. The first-order valence-electron chi connectivity index (χ1n) is 4.58. The molecule has 1 atom stereocenters. The van der Waals surface area contributed by atoms with E-state index in [-0.39, 0.29) is 12.1 Å². The van der Waals surface area contributed by atoms with Crippen molar-refractivity contribution in [3.63, 3.8) is 0 Å². The van der Waals surface area contributed by atoms with Gasteiger partial charge in [0.25, 0.3) is 6.02 Å². The van der Waals surface area contributed by atoms with Crippen LogP contribution in [0, 0.1) is 0 Å². The van der Waals surface area contributed by atoms with Gasteiger partial charge in [0.2, 0.25) is 0 Å². The van der Waals surface area contributed by atoms with Crippen LogP contribution in [0.15, 0.2) is 29.3 Å². The van der Waals surface area contributed by atoms with Crippen LogP contribution in [0.5, 0.6) is 5.75 Å². The summed E-state index contributed by atoms with van der Waals surface area (Å²) in [6, 6.07) is 7.40. The van der Waals surface area contributed by atoms with Gasteiger partial charge in [0.15, 0.2) is 0 Å². The fraction of sp³-hybridized carbons (Fsp3) is 0.300. The maximum absolute atomic E-state index is 5.74. The molecule has 0 aliphatic carbocycles. The zero-order valence-corrected chi connectivity index (χ0v) is 8.78. The molecule has 0 aromatic heterocycles. The van der Waals surface area contributed by atoms with Crippen LogP contribution in [0.4, 0.5) is 0 Å². The smallest absolute Gasteiger partial charge is 0.282 e. The second-order valence-electron chi connectivity index (χ2n) is 3.20. The standard InChI is InChI=1S/C10H11ClN2O2/c11-7-1-3-9(4-2-7)14-5-8-6-15-10(12)13-8/h1-4,8H,5-6H2,(H2,12,13)/t8-/m0/s1. The van der Waals surface area contributed by atoms with Gasteiger partial charge in [-0.05, 0) is 24.3 Å². The lowest BCUT2D eigenvalue weighted by atomic mass is 10.3. The van der Waals surface area contributed by atoms with Gasteiger partial charge in [-0.2, -0.15) is 0 Å². The number of aliphatic imine (C=N–C) groups is 1. The molecule has 1 aromatic carbocycles. The van der Waals surface area contributed by atoms with Gasteiger partial charge < -0.3 is 15.2 Å². The molecule has 0 fully saturated rings. The molecule has 0 radical (unpaired) electrons. The van der Waals surface area contributed by atoms with Gasteiger partial charge in [-0.3, -0.25) is 0 Å². The normalized spacial score (nSPS) is 19.5. The number of nitrogens with two attached hydrogens (primary N) is 1. The highest BCUT2D eigenvalue weighted by atomic mass is 35.5. The number of amidine groups is 1. The molecule has 2 N–H and O–H groups in total. The highest BCUT2D eigenvalue weighted by Gasteiger charge is 2.16. The summed E-state index contributed by atoms with van der Waals surface area (Å²) in [5, 5.41) is 0.689. The number of ether oxygens (including phenoxy) is 2. The third kappa shape index (κ3) is 2.76. The third-order valence-corrected chi connectivity index (χ3v) is 2.24. The average molecular weight is 227 g/mol. The summed E-state index contributed by atoms with van der Waals surface area (Å²) in [7, 11) is 0. The SMILES string of the molecule is NC1=N[C@@H](COc2ccc(Cl)cc2)CO1. The van der Waals surface area contributed by atoms with Crippen LogP contribution in [-0.2, 0) is 4.74 Å². The van der Waals surface area contributed by atoms with Crippen molar-refractivity contribution in [1.82, 2.24) is 0 Å². The number of rotatable bonds is 3. The van der Waals surface area contributed by atoms with Crippen LogP contribution in [0.2, 0.25) is 5.02 Å². The second kappa shape index (κ2) is 4.40. The van der Waals surface area contributed by atoms with Gasteiger partial charge in [0.1, 0.15) is 25.0 Å². The monoisotopic (exact) mass is 226 g/mol. The van der Waals surface area contributed by atoms with E-state index in [0.717, 1.165) is 5.75 Å². The van der Waals surface area contributed by atoms with Crippen molar-refractivity contribution in [2.45, 2.75) is 6.04 Å². The van der Waals surface area contributed by atoms with Crippen molar-refractivity contribution in [1.29, 1.82) is 0 Å². The largest absolute Gasteiger partial charge is 0.491 e. The number of halogens is 1. The maximum Gasteiger partial charge on any atom is 0.282 e. The Bertz CT molecular complexity index is 364. The average Bonchev–Trinajstić information content (AvgIpc) is 2.64. The molecule has 0 saturated heterocycles. The molecule has 15 heavy (non-hydrogen) atoms. The Morgan fingerprint density at radius 2 is 2.20 bits per heavy atom. The molecule has 1 heterocycles. The molecule has 2 rings (SSSR count). The van der Waals surface area contributed by atoms with Crippen molar-refractivity contribution in [3.05, 3.63) is 29.3 Å². The van der Waals surface area contributed by atoms with E-state index in [0.29, 0.717) is 18.2 Å². The molecule has 1 aliphatic rings. The number of hydrogen-bond donors (Lipinski definition) is 1. The maximum atomic E-state index is 5.74. The number of benzene rings is 1. The highest BCUT2D eigenvalue weighted by Crippen LogP contribution is 2.16. The van der Waals surface area contributed by atoms with Crippen molar-refractivity contribution >= 4 is 17.6 Å². The number of nitrogens with zero attached hydrogens (tertiary/aromatic N) is 1. The quantitative estimate of drug-likeness (QED) is 0.849. The van der Waals surface area contributed by atoms with Gasteiger partial charge in [-0.25, -0.2) is 4.99 Å².